The highest BCUT2D eigenvalue weighted by Gasteiger charge is 2.20. The summed E-state index contributed by atoms with van der Waals surface area (Å²) in [5.41, 5.74) is 5.83. The SMILES string of the molecule is COC(=O)c1ccc(N2C=CC(c3ccccc3Cl)N2)cc1. The molecule has 0 aromatic heterocycles. The Balaban J connectivity index is 1.75. The van der Waals surface area contributed by atoms with Crippen LogP contribution in [-0.2, 0) is 4.74 Å². The number of rotatable bonds is 3. The largest absolute Gasteiger partial charge is 0.465 e. The Hall–Kier alpha value is -2.30. The van der Waals surface area contributed by atoms with Crippen LogP contribution in [0.1, 0.15) is 22.0 Å². The van der Waals surface area contributed by atoms with E-state index >= 15 is 0 Å². The standard InChI is InChI=1S/C17H15ClN2O2/c1-22-17(21)12-6-8-13(9-7-12)20-11-10-16(19-20)14-4-2-3-5-15(14)18/h2-11,16,19H,1H3. The topological polar surface area (TPSA) is 41.6 Å². The molecule has 1 aliphatic rings. The first kappa shape index (κ1) is 14.6. The third-order valence-corrected chi connectivity index (χ3v) is 3.86. The molecule has 0 aliphatic carbocycles. The van der Waals surface area contributed by atoms with Gasteiger partial charge in [-0.1, -0.05) is 29.8 Å². The number of anilines is 1. The normalized spacial score (nSPS) is 16.8. The van der Waals surface area contributed by atoms with E-state index in [9.17, 15) is 4.79 Å². The maximum absolute atomic E-state index is 11.4. The minimum Gasteiger partial charge on any atom is -0.465 e. The minimum absolute atomic E-state index is 0.0222. The average molecular weight is 315 g/mol. The van der Waals surface area contributed by atoms with Gasteiger partial charge in [-0.15, -0.1) is 0 Å². The minimum atomic E-state index is -0.342. The van der Waals surface area contributed by atoms with Gasteiger partial charge in [0.2, 0.25) is 0 Å². The monoisotopic (exact) mass is 314 g/mol. The zero-order valence-corrected chi connectivity index (χ0v) is 12.7. The van der Waals surface area contributed by atoms with Crippen molar-refractivity contribution in [2.24, 2.45) is 0 Å². The lowest BCUT2D eigenvalue weighted by molar-refractivity contribution is 0.0601. The number of benzene rings is 2. The zero-order valence-electron chi connectivity index (χ0n) is 12.0. The van der Waals surface area contributed by atoms with Crippen molar-refractivity contribution in [2.75, 3.05) is 12.1 Å². The second-order valence-corrected chi connectivity index (χ2v) is 5.29. The molecule has 0 spiro atoms. The predicted octanol–water partition coefficient (Wildman–Crippen LogP) is 3.71. The summed E-state index contributed by atoms with van der Waals surface area (Å²) >= 11 is 6.23. The van der Waals surface area contributed by atoms with Crippen LogP contribution in [0.5, 0.6) is 0 Å². The van der Waals surface area contributed by atoms with Gasteiger partial charge in [0.05, 0.1) is 24.4 Å². The summed E-state index contributed by atoms with van der Waals surface area (Å²) in [5.74, 6) is -0.342. The zero-order chi connectivity index (χ0) is 15.5. The smallest absolute Gasteiger partial charge is 0.337 e. The van der Waals surface area contributed by atoms with Gasteiger partial charge in [-0.25, -0.2) is 10.2 Å². The second kappa shape index (κ2) is 6.22. The molecule has 22 heavy (non-hydrogen) atoms. The van der Waals surface area contributed by atoms with Crippen LogP contribution >= 0.6 is 11.6 Å². The van der Waals surface area contributed by atoms with Crippen molar-refractivity contribution in [3.63, 3.8) is 0 Å². The van der Waals surface area contributed by atoms with Gasteiger partial charge in [0.1, 0.15) is 0 Å². The highest BCUT2D eigenvalue weighted by atomic mass is 35.5. The Bertz CT molecular complexity index is 713. The van der Waals surface area contributed by atoms with Crippen LogP contribution in [0.25, 0.3) is 0 Å². The second-order valence-electron chi connectivity index (χ2n) is 4.88. The molecule has 3 rings (SSSR count). The van der Waals surface area contributed by atoms with Gasteiger partial charge in [0.15, 0.2) is 0 Å². The molecule has 1 heterocycles. The fraction of sp³-hybridized carbons (Fsp3) is 0.118. The molecule has 4 nitrogen and oxygen atoms in total. The van der Waals surface area contributed by atoms with E-state index in [-0.39, 0.29) is 12.0 Å². The molecule has 0 saturated carbocycles. The summed E-state index contributed by atoms with van der Waals surface area (Å²) in [4.78, 5) is 11.4. The van der Waals surface area contributed by atoms with Crippen LogP contribution in [0.15, 0.2) is 60.8 Å². The van der Waals surface area contributed by atoms with Gasteiger partial charge < -0.3 is 4.74 Å². The third kappa shape index (κ3) is 2.84. The summed E-state index contributed by atoms with van der Waals surface area (Å²) in [6.45, 7) is 0. The molecular weight excluding hydrogens is 300 g/mol. The van der Waals surface area contributed by atoms with Gasteiger partial charge >= 0.3 is 5.97 Å². The van der Waals surface area contributed by atoms with Gasteiger partial charge in [-0.05, 0) is 42.0 Å². The Morgan fingerprint density at radius 2 is 1.91 bits per heavy atom. The number of nitrogens with one attached hydrogen (secondary N) is 1. The Morgan fingerprint density at radius 1 is 1.18 bits per heavy atom. The quantitative estimate of drug-likeness (QED) is 0.877. The Kier molecular flexibility index (Phi) is 4.13. The molecule has 0 amide bonds. The first-order valence-corrected chi connectivity index (χ1v) is 7.23. The lowest BCUT2D eigenvalue weighted by Crippen LogP contribution is -2.30. The molecule has 0 radical (unpaired) electrons. The van der Waals surface area contributed by atoms with E-state index in [4.69, 9.17) is 16.3 Å². The molecule has 1 aliphatic heterocycles. The van der Waals surface area contributed by atoms with Crippen molar-refractivity contribution < 1.29 is 9.53 Å². The van der Waals surface area contributed by atoms with E-state index in [2.05, 4.69) is 5.43 Å². The van der Waals surface area contributed by atoms with Crippen molar-refractivity contribution in [3.8, 4) is 0 Å². The Morgan fingerprint density at radius 3 is 2.59 bits per heavy atom. The molecule has 2 aromatic carbocycles. The van der Waals surface area contributed by atoms with Crippen LogP contribution in [-0.4, -0.2) is 13.1 Å². The van der Waals surface area contributed by atoms with E-state index < -0.39 is 0 Å². The average Bonchev–Trinajstić information content (AvgIpc) is 3.04. The van der Waals surface area contributed by atoms with E-state index in [1.54, 1.807) is 12.1 Å². The van der Waals surface area contributed by atoms with E-state index in [1.165, 1.54) is 7.11 Å². The molecule has 1 unspecified atom stereocenters. The summed E-state index contributed by atoms with van der Waals surface area (Å²) in [6.07, 6.45) is 3.98. The van der Waals surface area contributed by atoms with Crippen LogP contribution < -0.4 is 10.4 Å². The van der Waals surface area contributed by atoms with Crippen molar-refractivity contribution in [3.05, 3.63) is 77.0 Å². The summed E-state index contributed by atoms with van der Waals surface area (Å²) < 4.78 is 4.69. The van der Waals surface area contributed by atoms with Gasteiger partial charge in [-0.3, -0.25) is 5.01 Å². The molecule has 2 aromatic rings. The van der Waals surface area contributed by atoms with Crippen molar-refractivity contribution in [1.29, 1.82) is 0 Å². The summed E-state index contributed by atoms with van der Waals surface area (Å²) in [5, 5.41) is 2.63. The lowest BCUT2D eigenvalue weighted by Gasteiger charge is -2.20. The lowest BCUT2D eigenvalue weighted by atomic mass is 10.1. The molecule has 0 fully saturated rings. The van der Waals surface area contributed by atoms with Crippen LogP contribution in [0.3, 0.4) is 0 Å². The first-order chi connectivity index (χ1) is 10.7. The van der Waals surface area contributed by atoms with Gasteiger partial charge in [0.25, 0.3) is 0 Å². The maximum atomic E-state index is 11.4. The van der Waals surface area contributed by atoms with Crippen molar-refractivity contribution >= 4 is 23.3 Å². The predicted molar refractivity (Wildman–Crippen MR) is 86.7 cm³/mol. The van der Waals surface area contributed by atoms with Crippen LogP contribution in [0.2, 0.25) is 5.02 Å². The van der Waals surface area contributed by atoms with E-state index in [0.717, 1.165) is 16.3 Å². The van der Waals surface area contributed by atoms with Gasteiger partial charge in [0, 0.05) is 11.2 Å². The number of hydrogen-bond acceptors (Lipinski definition) is 4. The molecule has 112 valence electrons. The number of hydrogen-bond donors (Lipinski definition) is 1. The molecular formula is C17H15ClN2O2. The highest BCUT2D eigenvalue weighted by Crippen LogP contribution is 2.28. The van der Waals surface area contributed by atoms with Crippen molar-refractivity contribution in [2.45, 2.75) is 6.04 Å². The van der Waals surface area contributed by atoms with E-state index in [0.29, 0.717) is 5.56 Å². The fourth-order valence-electron chi connectivity index (χ4n) is 2.35. The number of esters is 1. The molecule has 0 saturated heterocycles. The molecule has 5 heteroatoms. The van der Waals surface area contributed by atoms with E-state index in [1.807, 2.05) is 53.7 Å². The highest BCUT2D eigenvalue weighted by molar-refractivity contribution is 6.31. The van der Waals surface area contributed by atoms with Crippen molar-refractivity contribution in [1.82, 2.24) is 5.43 Å². The summed E-state index contributed by atoms with van der Waals surface area (Å²) in [7, 11) is 1.37. The number of carbonyl (C=O) groups excluding carboxylic acids is 1. The maximum Gasteiger partial charge on any atom is 0.337 e. The molecule has 0 bridgehead atoms. The van der Waals surface area contributed by atoms with Crippen LogP contribution in [0.4, 0.5) is 5.69 Å². The fourth-order valence-corrected chi connectivity index (χ4v) is 2.60. The Labute approximate surface area is 133 Å². The number of hydrazine groups is 1. The first-order valence-electron chi connectivity index (χ1n) is 6.85. The third-order valence-electron chi connectivity index (χ3n) is 3.51. The van der Waals surface area contributed by atoms with Crippen LogP contribution in [0, 0.1) is 0 Å². The van der Waals surface area contributed by atoms with Gasteiger partial charge in [-0.2, -0.15) is 0 Å². The number of halogens is 1. The molecule has 1 N–H and O–H groups in total. The number of methoxy groups -OCH3 is 1. The number of carbonyl (C=O) groups is 1. The number of ether oxygens (including phenoxy) is 1. The molecule has 1 atom stereocenters. The number of nitrogens with zero attached hydrogens (tertiary/aromatic N) is 1. The summed E-state index contributed by atoms with van der Waals surface area (Å²) in [6, 6.07) is 15.0.